The molecule has 0 aliphatic carbocycles. The van der Waals surface area contributed by atoms with Crippen LogP contribution in [0.5, 0.6) is 5.75 Å². The van der Waals surface area contributed by atoms with Crippen LogP contribution >= 0.6 is 0 Å². The first kappa shape index (κ1) is 15.0. The van der Waals surface area contributed by atoms with E-state index in [9.17, 15) is 4.79 Å². The molecule has 3 rings (SSSR count). The highest BCUT2D eigenvalue weighted by Gasteiger charge is 2.11. The Hall–Kier alpha value is -2.89. The molecule has 2 heterocycles. The van der Waals surface area contributed by atoms with E-state index >= 15 is 0 Å². The van der Waals surface area contributed by atoms with Crippen molar-refractivity contribution in [3.63, 3.8) is 0 Å². The zero-order valence-corrected chi connectivity index (χ0v) is 13.2. The summed E-state index contributed by atoms with van der Waals surface area (Å²) in [5, 5.41) is 4.58. The predicted octanol–water partition coefficient (Wildman–Crippen LogP) is 2.43. The second kappa shape index (κ2) is 6.08. The Balaban J connectivity index is 2.00. The Morgan fingerprint density at radius 1 is 1.17 bits per heavy atom. The Bertz CT molecular complexity index is 853. The van der Waals surface area contributed by atoms with Gasteiger partial charge in [-0.3, -0.25) is 4.79 Å². The minimum Gasteiger partial charge on any atom is -0.497 e. The molecule has 0 spiro atoms. The molecule has 2 aromatic heterocycles. The third-order valence-corrected chi connectivity index (χ3v) is 3.60. The zero-order valence-electron chi connectivity index (χ0n) is 13.2. The van der Waals surface area contributed by atoms with Gasteiger partial charge in [0, 0.05) is 17.3 Å². The summed E-state index contributed by atoms with van der Waals surface area (Å²) in [5.74, 6) is 0.489. The molecule has 0 N–H and O–H groups in total. The first-order valence-electron chi connectivity index (χ1n) is 7.18. The molecule has 0 radical (unpaired) electrons. The van der Waals surface area contributed by atoms with Crippen LogP contribution in [0.25, 0.3) is 16.9 Å². The summed E-state index contributed by atoms with van der Waals surface area (Å²) in [4.78, 5) is 15.9. The minimum atomic E-state index is -0.309. The van der Waals surface area contributed by atoms with Gasteiger partial charge in [0.15, 0.2) is 5.65 Å². The molecule has 0 atom stereocenters. The molecular weight excluding hydrogens is 294 g/mol. The molecule has 23 heavy (non-hydrogen) atoms. The van der Waals surface area contributed by atoms with Gasteiger partial charge in [-0.15, -0.1) is 0 Å². The quantitative estimate of drug-likeness (QED) is 0.692. The number of ether oxygens (including phenoxy) is 2. The van der Waals surface area contributed by atoms with Crippen LogP contribution in [0.4, 0.5) is 0 Å². The molecule has 1 aromatic carbocycles. The number of benzene rings is 1. The fourth-order valence-corrected chi connectivity index (χ4v) is 2.41. The van der Waals surface area contributed by atoms with E-state index in [1.807, 2.05) is 43.3 Å². The molecule has 0 bridgehead atoms. The topological polar surface area (TPSA) is 65.7 Å². The number of hydrogen-bond donors (Lipinski definition) is 0. The van der Waals surface area contributed by atoms with E-state index in [4.69, 9.17) is 4.74 Å². The van der Waals surface area contributed by atoms with Crippen LogP contribution in [0.1, 0.15) is 11.4 Å². The first-order chi connectivity index (χ1) is 11.1. The Morgan fingerprint density at radius 3 is 2.57 bits per heavy atom. The number of nitrogens with zero attached hydrogens (tertiary/aromatic N) is 3. The lowest BCUT2D eigenvalue weighted by atomic mass is 10.1. The van der Waals surface area contributed by atoms with Gasteiger partial charge in [-0.2, -0.15) is 5.10 Å². The molecule has 118 valence electrons. The molecule has 6 heteroatoms. The van der Waals surface area contributed by atoms with Gasteiger partial charge < -0.3 is 9.47 Å². The highest BCUT2D eigenvalue weighted by atomic mass is 16.5. The highest BCUT2D eigenvalue weighted by molar-refractivity contribution is 5.72. The van der Waals surface area contributed by atoms with E-state index < -0.39 is 0 Å². The van der Waals surface area contributed by atoms with Crippen LogP contribution in [0.3, 0.4) is 0 Å². The van der Waals surface area contributed by atoms with Gasteiger partial charge >= 0.3 is 5.97 Å². The van der Waals surface area contributed by atoms with Crippen molar-refractivity contribution in [2.24, 2.45) is 0 Å². The summed E-state index contributed by atoms with van der Waals surface area (Å²) in [5.41, 5.74) is 4.08. The van der Waals surface area contributed by atoms with Gasteiger partial charge in [-0.25, -0.2) is 9.50 Å². The molecule has 0 saturated carbocycles. The maximum absolute atomic E-state index is 11.4. The number of aryl methyl sites for hydroxylation is 1. The number of hydrogen-bond acceptors (Lipinski definition) is 5. The van der Waals surface area contributed by atoms with Crippen molar-refractivity contribution < 1.29 is 14.3 Å². The summed E-state index contributed by atoms with van der Waals surface area (Å²) in [6, 6.07) is 11.4. The smallest absolute Gasteiger partial charge is 0.311 e. The second-order valence-corrected chi connectivity index (χ2v) is 5.17. The maximum atomic E-state index is 11.4. The van der Waals surface area contributed by atoms with E-state index in [0.717, 1.165) is 22.7 Å². The Labute approximate surface area is 133 Å². The minimum absolute atomic E-state index is 0.150. The summed E-state index contributed by atoms with van der Waals surface area (Å²) in [6.45, 7) is 1.93. The fourth-order valence-electron chi connectivity index (χ4n) is 2.41. The van der Waals surface area contributed by atoms with Crippen LogP contribution in [-0.2, 0) is 16.0 Å². The summed E-state index contributed by atoms with van der Waals surface area (Å²) in [6.07, 6.45) is 0.150. The monoisotopic (exact) mass is 311 g/mol. The van der Waals surface area contributed by atoms with Crippen molar-refractivity contribution in [1.82, 2.24) is 14.6 Å². The zero-order chi connectivity index (χ0) is 16.4. The van der Waals surface area contributed by atoms with Crippen molar-refractivity contribution in [2.45, 2.75) is 13.3 Å². The van der Waals surface area contributed by atoms with Gasteiger partial charge in [0.25, 0.3) is 0 Å². The summed E-state index contributed by atoms with van der Waals surface area (Å²) in [7, 11) is 3.00. The number of esters is 1. The van der Waals surface area contributed by atoms with Crippen LogP contribution in [0, 0.1) is 6.92 Å². The van der Waals surface area contributed by atoms with Crippen molar-refractivity contribution in [1.29, 1.82) is 0 Å². The Morgan fingerprint density at radius 2 is 1.91 bits per heavy atom. The average molecular weight is 311 g/mol. The molecule has 0 unspecified atom stereocenters. The number of carbonyl (C=O) groups excluding carboxylic acids is 1. The lowest BCUT2D eigenvalue weighted by Gasteiger charge is -2.03. The standard InChI is InChI=1S/C17H17N3O3/c1-11-8-13(9-17(21)23-3)18-16-10-15(19-20(11)16)12-4-6-14(22-2)7-5-12/h4-8,10H,9H2,1-3H3. The van der Waals surface area contributed by atoms with E-state index in [-0.39, 0.29) is 12.4 Å². The van der Waals surface area contributed by atoms with Crippen LogP contribution in [0.15, 0.2) is 36.4 Å². The van der Waals surface area contributed by atoms with Crippen molar-refractivity contribution in [2.75, 3.05) is 14.2 Å². The van der Waals surface area contributed by atoms with Crippen molar-refractivity contribution in [3.8, 4) is 17.0 Å². The molecule has 3 aromatic rings. The molecule has 0 aliphatic heterocycles. The average Bonchev–Trinajstić information content (AvgIpc) is 2.99. The largest absolute Gasteiger partial charge is 0.497 e. The van der Waals surface area contributed by atoms with Crippen molar-refractivity contribution in [3.05, 3.63) is 47.8 Å². The molecule has 0 fully saturated rings. The Kier molecular flexibility index (Phi) is 3.97. The SMILES string of the molecule is COC(=O)Cc1cc(C)n2nc(-c3ccc(OC)cc3)cc2n1. The first-order valence-corrected chi connectivity index (χ1v) is 7.18. The van der Waals surface area contributed by atoms with Gasteiger partial charge in [0.2, 0.25) is 0 Å². The van der Waals surface area contributed by atoms with Crippen LogP contribution in [-0.4, -0.2) is 34.8 Å². The van der Waals surface area contributed by atoms with E-state index in [0.29, 0.717) is 11.3 Å². The molecule has 0 aliphatic rings. The highest BCUT2D eigenvalue weighted by Crippen LogP contribution is 2.22. The molecule has 0 amide bonds. The lowest BCUT2D eigenvalue weighted by molar-refractivity contribution is -0.139. The third kappa shape index (κ3) is 3.01. The van der Waals surface area contributed by atoms with Gasteiger partial charge in [0.05, 0.1) is 32.0 Å². The number of carbonyl (C=O) groups is 1. The molecule has 6 nitrogen and oxygen atoms in total. The number of fused-ring (bicyclic) bond motifs is 1. The number of rotatable bonds is 4. The number of aromatic nitrogens is 3. The van der Waals surface area contributed by atoms with E-state index in [1.54, 1.807) is 11.6 Å². The van der Waals surface area contributed by atoms with Gasteiger partial charge in [0.1, 0.15) is 5.75 Å². The molecule has 0 saturated heterocycles. The summed E-state index contributed by atoms with van der Waals surface area (Å²) < 4.78 is 11.6. The third-order valence-electron chi connectivity index (χ3n) is 3.60. The van der Waals surface area contributed by atoms with Crippen molar-refractivity contribution >= 4 is 11.6 Å². The molecular formula is C17H17N3O3. The maximum Gasteiger partial charge on any atom is 0.311 e. The normalized spacial score (nSPS) is 10.7. The predicted molar refractivity (Wildman–Crippen MR) is 85.4 cm³/mol. The van der Waals surface area contributed by atoms with E-state index in [1.165, 1.54) is 7.11 Å². The lowest BCUT2D eigenvalue weighted by Crippen LogP contribution is -2.08. The van der Waals surface area contributed by atoms with E-state index in [2.05, 4.69) is 14.8 Å². The second-order valence-electron chi connectivity index (χ2n) is 5.17. The fraction of sp³-hybridized carbons (Fsp3) is 0.235. The van der Waals surface area contributed by atoms with Gasteiger partial charge in [-0.1, -0.05) is 0 Å². The summed E-state index contributed by atoms with van der Waals surface area (Å²) >= 11 is 0. The number of methoxy groups -OCH3 is 2. The van der Waals surface area contributed by atoms with Gasteiger partial charge in [-0.05, 0) is 37.3 Å². The van der Waals surface area contributed by atoms with Crippen LogP contribution in [0.2, 0.25) is 0 Å². The van der Waals surface area contributed by atoms with Crippen LogP contribution < -0.4 is 4.74 Å².